The SMILES string of the molecule is CC(C)Cc1cc(-c2[c-]cccc2)nc[c]1[Ge]([CH3])([CH3])[CH3].Cc1cccc(C)c1-c1ccc2o[c-]c(-c3nc4ccccc4n3-c3c(C(C)C)cc(-c4ccccc4)cc3C(C)C)c2c1.[Ir]. The summed E-state index contributed by atoms with van der Waals surface area (Å²) in [6.45, 7) is 18.1. The van der Waals surface area contributed by atoms with E-state index in [9.17, 15) is 0 Å². The number of hydrogen-bond acceptors (Lipinski definition) is 3. The minimum absolute atomic E-state index is 0. The number of furan rings is 1. The van der Waals surface area contributed by atoms with Crippen LogP contribution in [0.25, 0.3) is 72.6 Å². The van der Waals surface area contributed by atoms with Gasteiger partial charge in [-0.2, -0.15) is 0 Å². The summed E-state index contributed by atoms with van der Waals surface area (Å²) in [4.78, 5) is 9.97. The predicted octanol–water partition coefficient (Wildman–Crippen LogP) is 15.7. The van der Waals surface area contributed by atoms with Crippen LogP contribution in [0, 0.1) is 32.1 Å². The first-order chi connectivity index (χ1) is 30.7. The first kappa shape index (κ1) is 47.6. The average molecular weight is 1090 g/mol. The number of aryl methyl sites for hydroxylation is 2. The minimum Gasteiger partial charge on any atom is -0.557 e. The fourth-order valence-electron chi connectivity index (χ4n) is 9.08. The van der Waals surface area contributed by atoms with Crippen LogP contribution in [-0.4, -0.2) is 27.8 Å². The van der Waals surface area contributed by atoms with Crippen molar-refractivity contribution >= 4 is 39.7 Å². The van der Waals surface area contributed by atoms with Gasteiger partial charge in [-0.3, -0.25) is 4.98 Å². The number of para-hydroxylation sites is 2. The van der Waals surface area contributed by atoms with E-state index in [0.29, 0.717) is 17.8 Å². The van der Waals surface area contributed by atoms with Crippen molar-refractivity contribution in [2.45, 2.75) is 90.9 Å². The molecule has 6 aromatic carbocycles. The summed E-state index contributed by atoms with van der Waals surface area (Å²) in [5.41, 5.74) is 18.6. The zero-order valence-corrected chi connectivity index (χ0v) is 44.3. The first-order valence-electron chi connectivity index (χ1n) is 22.9. The molecular weight excluding hydrogens is 1030 g/mol. The maximum Gasteiger partial charge on any atom is 0.0774 e. The van der Waals surface area contributed by atoms with Gasteiger partial charge in [0, 0.05) is 37.6 Å². The second-order valence-electron chi connectivity index (χ2n) is 19.3. The topological polar surface area (TPSA) is 43.9 Å². The van der Waals surface area contributed by atoms with Gasteiger partial charge >= 0.3 is 126 Å². The summed E-state index contributed by atoms with van der Waals surface area (Å²) < 4.78 is 10.00. The van der Waals surface area contributed by atoms with Crippen LogP contribution >= 0.6 is 0 Å². The molecule has 0 spiro atoms. The van der Waals surface area contributed by atoms with E-state index in [1.54, 1.807) is 4.40 Å². The van der Waals surface area contributed by atoms with E-state index in [2.05, 4.69) is 211 Å². The number of nitrogens with zero attached hydrogens (tertiary/aromatic N) is 3. The van der Waals surface area contributed by atoms with E-state index in [1.165, 1.54) is 55.8 Å². The molecule has 9 rings (SSSR count). The molecule has 0 aliphatic rings. The summed E-state index contributed by atoms with van der Waals surface area (Å²) in [5.74, 6) is 9.43. The quantitative estimate of drug-likeness (QED) is 0.101. The molecule has 0 aliphatic carbocycles. The third kappa shape index (κ3) is 10.1. The van der Waals surface area contributed by atoms with Gasteiger partial charge in [0.1, 0.15) is 0 Å². The average Bonchev–Trinajstić information content (AvgIpc) is 3.87. The molecule has 3 heterocycles. The Morgan fingerprint density at radius 2 is 1.34 bits per heavy atom. The summed E-state index contributed by atoms with van der Waals surface area (Å²) >= 11 is -1.86. The van der Waals surface area contributed by atoms with Crippen LogP contribution in [0.1, 0.15) is 81.2 Å². The van der Waals surface area contributed by atoms with Gasteiger partial charge in [-0.25, -0.2) is 0 Å². The van der Waals surface area contributed by atoms with Crippen molar-refractivity contribution in [1.82, 2.24) is 14.5 Å². The molecule has 3 aromatic heterocycles. The number of benzene rings is 6. The Hall–Kier alpha value is -5.33. The van der Waals surface area contributed by atoms with Crippen LogP contribution in [0.5, 0.6) is 0 Å². The predicted molar refractivity (Wildman–Crippen MR) is 274 cm³/mol. The summed E-state index contributed by atoms with van der Waals surface area (Å²) in [6, 6.07) is 50.4. The Morgan fingerprint density at radius 1 is 0.677 bits per heavy atom. The van der Waals surface area contributed by atoms with Gasteiger partial charge in [-0.15, -0.1) is 0 Å². The maximum atomic E-state index is 6.10. The summed E-state index contributed by atoms with van der Waals surface area (Å²) in [6.07, 6.45) is 6.56. The van der Waals surface area contributed by atoms with Crippen molar-refractivity contribution in [2.75, 3.05) is 0 Å². The van der Waals surface area contributed by atoms with E-state index in [4.69, 9.17) is 14.4 Å². The number of fused-ring (bicyclic) bond motifs is 2. The van der Waals surface area contributed by atoms with Crippen LogP contribution in [0.3, 0.4) is 0 Å². The van der Waals surface area contributed by atoms with Gasteiger partial charge in [0.25, 0.3) is 0 Å². The molecule has 0 unspecified atom stereocenters. The second kappa shape index (κ2) is 20.0. The van der Waals surface area contributed by atoms with Crippen molar-refractivity contribution in [3.8, 4) is 50.6 Å². The molecule has 65 heavy (non-hydrogen) atoms. The normalized spacial score (nSPS) is 11.7. The van der Waals surface area contributed by atoms with Crippen LogP contribution in [0.15, 0.2) is 144 Å². The molecule has 333 valence electrons. The monoisotopic (exact) mass is 1090 g/mol. The molecule has 9 aromatic rings. The van der Waals surface area contributed by atoms with E-state index in [1.807, 2.05) is 18.2 Å². The first-order valence-corrected chi connectivity index (χ1v) is 30.2. The van der Waals surface area contributed by atoms with Gasteiger partial charge in [0.2, 0.25) is 0 Å². The molecule has 0 N–H and O–H groups in total. The Labute approximate surface area is 403 Å². The molecular formula is C59H61GeIrN3O-2. The Kier molecular flexibility index (Phi) is 14.7. The fraction of sp³-hybridized carbons (Fsp3) is 0.254. The van der Waals surface area contributed by atoms with Crippen molar-refractivity contribution in [3.05, 3.63) is 180 Å². The van der Waals surface area contributed by atoms with E-state index < -0.39 is 13.3 Å². The van der Waals surface area contributed by atoms with Crippen LogP contribution in [-0.2, 0) is 26.5 Å². The molecule has 0 fully saturated rings. The molecule has 0 aliphatic heterocycles. The number of pyridine rings is 1. The Bertz CT molecular complexity index is 3010. The van der Waals surface area contributed by atoms with Gasteiger partial charge in [0.05, 0.1) is 16.9 Å². The van der Waals surface area contributed by atoms with Crippen molar-refractivity contribution < 1.29 is 24.5 Å². The standard InChI is InChI=1S/C41H37N2O.C18H24GeN.Ir/c1-25(2)32-22-31(29-15-8-7-9-16-29)23-33(26(3)4)40(32)43-37-18-11-10-17-36(37)42-41(43)35-24-44-38-20-19-30(21-34(35)38)39-27(5)13-12-14-28(39)6;1-14(2)11-16-12-18(15-9-7-6-8-10-15)20-13-17(16)19(3,4)5;/h7-23,25-26H,1-6H3;6-9,12-14H,11H2,1-5H3;/q2*-1;. The van der Waals surface area contributed by atoms with Crippen molar-refractivity contribution in [1.29, 1.82) is 0 Å². The van der Waals surface area contributed by atoms with Gasteiger partial charge in [-0.1, -0.05) is 118 Å². The van der Waals surface area contributed by atoms with Crippen molar-refractivity contribution in [3.63, 3.8) is 0 Å². The zero-order valence-electron chi connectivity index (χ0n) is 39.8. The number of hydrogen-bond donors (Lipinski definition) is 0. The molecule has 6 heteroatoms. The maximum absolute atomic E-state index is 6.10. The van der Waals surface area contributed by atoms with Crippen LogP contribution in [0.4, 0.5) is 0 Å². The number of imidazole rings is 1. The van der Waals surface area contributed by atoms with Gasteiger partial charge < -0.3 is 8.98 Å². The van der Waals surface area contributed by atoms with Gasteiger partial charge in [0.15, 0.2) is 0 Å². The largest absolute Gasteiger partial charge is 0.557 e. The number of aromatic nitrogens is 3. The van der Waals surface area contributed by atoms with E-state index >= 15 is 0 Å². The molecule has 0 saturated carbocycles. The van der Waals surface area contributed by atoms with Crippen LogP contribution in [0.2, 0.25) is 17.3 Å². The van der Waals surface area contributed by atoms with E-state index in [-0.39, 0.29) is 20.1 Å². The zero-order chi connectivity index (χ0) is 45.3. The minimum atomic E-state index is -1.86. The summed E-state index contributed by atoms with van der Waals surface area (Å²) in [5, 5.41) is 1.01. The number of rotatable bonds is 10. The molecule has 0 atom stereocenters. The third-order valence-electron chi connectivity index (χ3n) is 12.2. The fourth-order valence-corrected chi connectivity index (χ4v) is 12.4. The smallest absolute Gasteiger partial charge is 0.0774 e. The van der Waals surface area contributed by atoms with Crippen molar-refractivity contribution in [2.24, 2.45) is 5.92 Å². The molecule has 0 amide bonds. The Balaban J connectivity index is 0.000000253. The molecule has 0 saturated heterocycles. The van der Waals surface area contributed by atoms with Crippen LogP contribution < -0.4 is 4.40 Å². The van der Waals surface area contributed by atoms with E-state index in [0.717, 1.165) is 51.1 Å². The molecule has 0 bridgehead atoms. The second-order valence-corrected chi connectivity index (χ2v) is 29.9. The summed E-state index contributed by atoms with van der Waals surface area (Å²) in [7, 11) is 0. The van der Waals surface area contributed by atoms with Gasteiger partial charge in [-0.05, 0) is 94.5 Å². The molecule has 1 radical (unpaired) electrons. The molecule has 4 nitrogen and oxygen atoms in total. The third-order valence-corrected chi connectivity index (χ3v) is 16.6. The Morgan fingerprint density at radius 3 is 1.97 bits per heavy atom.